The second-order valence-electron chi connectivity index (χ2n) is 5.56. The summed E-state index contributed by atoms with van der Waals surface area (Å²) in [5, 5.41) is 9.86. The lowest BCUT2D eigenvalue weighted by Gasteiger charge is -2.16. The summed E-state index contributed by atoms with van der Waals surface area (Å²) in [6, 6.07) is 5.95. The smallest absolute Gasteiger partial charge is 0.226 e. The normalized spacial score (nSPS) is 14.8. The van der Waals surface area contributed by atoms with Gasteiger partial charge in [0.05, 0.1) is 10.7 Å². The highest BCUT2D eigenvalue weighted by Gasteiger charge is 2.12. The first-order valence-electron chi connectivity index (χ1n) is 7.76. The van der Waals surface area contributed by atoms with Crippen LogP contribution in [0.1, 0.15) is 24.8 Å². The van der Waals surface area contributed by atoms with Crippen molar-refractivity contribution in [2.75, 3.05) is 18.9 Å². The van der Waals surface area contributed by atoms with Gasteiger partial charge in [-0.1, -0.05) is 29.8 Å². The van der Waals surface area contributed by atoms with Crippen LogP contribution in [0.4, 0.5) is 5.69 Å². The van der Waals surface area contributed by atoms with E-state index in [1.54, 1.807) is 7.05 Å². The van der Waals surface area contributed by atoms with Crippen LogP contribution < -0.4 is 16.0 Å². The summed E-state index contributed by atoms with van der Waals surface area (Å²) in [6.45, 7) is 2.47. The van der Waals surface area contributed by atoms with E-state index >= 15 is 0 Å². The van der Waals surface area contributed by atoms with Crippen LogP contribution in [0.3, 0.4) is 0 Å². The van der Waals surface area contributed by atoms with Crippen LogP contribution in [0.2, 0.25) is 5.02 Å². The van der Waals surface area contributed by atoms with E-state index < -0.39 is 0 Å². The van der Waals surface area contributed by atoms with Gasteiger partial charge in [0.25, 0.3) is 0 Å². The molecule has 0 fully saturated rings. The highest BCUT2D eigenvalue weighted by Crippen LogP contribution is 2.22. The molecule has 0 atom stereocenters. The summed E-state index contributed by atoms with van der Waals surface area (Å²) in [6.07, 6.45) is 6.67. The number of guanidine groups is 1. The standard InChI is InChI=1S/C17H23ClN4O/c1-12-7-8-15(14(18)11-12)22-16(23)9-10-20-17(19-2)21-13-5-3-4-6-13/h3-4,7-8,11,13H,5-6,9-10H2,1-2H3,(H,22,23)(H2,19,20,21). The predicted octanol–water partition coefficient (Wildman–Crippen LogP) is 2.86. The minimum absolute atomic E-state index is 0.0822. The van der Waals surface area contributed by atoms with Crippen LogP contribution in [-0.2, 0) is 4.79 Å². The molecular weight excluding hydrogens is 312 g/mol. The second-order valence-corrected chi connectivity index (χ2v) is 5.97. The molecule has 0 aliphatic heterocycles. The van der Waals surface area contributed by atoms with E-state index in [1.165, 1.54) is 0 Å². The van der Waals surface area contributed by atoms with Gasteiger partial charge in [-0.15, -0.1) is 0 Å². The Morgan fingerprint density at radius 3 is 2.74 bits per heavy atom. The number of carbonyl (C=O) groups is 1. The molecule has 1 amide bonds. The largest absolute Gasteiger partial charge is 0.356 e. The van der Waals surface area contributed by atoms with Crippen LogP contribution in [0.25, 0.3) is 0 Å². The number of hydrogen-bond donors (Lipinski definition) is 3. The molecule has 0 radical (unpaired) electrons. The van der Waals surface area contributed by atoms with Crippen molar-refractivity contribution >= 4 is 29.2 Å². The van der Waals surface area contributed by atoms with Crippen molar-refractivity contribution in [1.82, 2.24) is 10.6 Å². The van der Waals surface area contributed by atoms with Gasteiger partial charge in [0.15, 0.2) is 5.96 Å². The molecule has 1 aromatic carbocycles. The number of nitrogens with zero attached hydrogens (tertiary/aromatic N) is 1. The maximum Gasteiger partial charge on any atom is 0.226 e. The van der Waals surface area contributed by atoms with Gasteiger partial charge in [0.2, 0.25) is 5.91 Å². The number of hydrogen-bond acceptors (Lipinski definition) is 2. The molecule has 23 heavy (non-hydrogen) atoms. The summed E-state index contributed by atoms with van der Waals surface area (Å²) in [5.41, 5.74) is 1.70. The summed E-state index contributed by atoms with van der Waals surface area (Å²) in [5.74, 6) is 0.640. The fourth-order valence-corrected chi connectivity index (χ4v) is 2.63. The number of amides is 1. The quantitative estimate of drug-likeness (QED) is 0.441. The zero-order chi connectivity index (χ0) is 16.7. The number of rotatable bonds is 5. The van der Waals surface area contributed by atoms with Crippen molar-refractivity contribution in [3.05, 3.63) is 40.9 Å². The van der Waals surface area contributed by atoms with Gasteiger partial charge in [-0.05, 0) is 37.5 Å². The number of anilines is 1. The number of halogens is 1. The zero-order valence-corrected chi connectivity index (χ0v) is 14.3. The molecule has 0 unspecified atom stereocenters. The van der Waals surface area contributed by atoms with Crippen LogP contribution >= 0.6 is 11.6 Å². The summed E-state index contributed by atoms with van der Waals surface area (Å²) in [7, 11) is 1.73. The number of aliphatic imine (C=N–C) groups is 1. The van der Waals surface area contributed by atoms with Gasteiger partial charge in [0.1, 0.15) is 0 Å². The minimum Gasteiger partial charge on any atom is -0.356 e. The van der Waals surface area contributed by atoms with Crippen molar-refractivity contribution in [2.45, 2.75) is 32.2 Å². The lowest BCUT2D eigenvalue weighted by molar-refractivity contribution is -0.116. The predicted molar refractivity (Wildman–Crippen MR) is 96.1 cm³/mol. The SMILES string of the molecule is CN=C(NCCC(=O)Nc1ccc(C)cc1Cl)NC1CC=CC1. The van der Waals surface area contributed by atoms with Crippen LogP contribution in [0.15, 0.2) is 35.3 Å². The lowest BCUT2D eigenvalue weighted by Crippen LogP contribution is -2.43. The maximum absolute atomic E-state index is 12.0. The number of aryl methyl sites for hydroxylation is 1. The highest BCUT2D eigenvalue weighted by atomic mass is 35.5. The topological polar surface area (TPSA) is 65.5 Å². The summed E-state index contributed by atoms with van der Waals surface area (Å²) in [4.78, 5) is 16.2. The number of nitrogens with one attached hydrogen (secondary N) is 3. The molecule has 6 heteroatoms. The molecule has 0 aromatic heterocycles. The molecule has 1 aliphatic rings. The molecule has 0 saturated carbocycles. The zero-order valence-electron chi connectivity index (χ0n) is 13.5. The van der Waals surface area contributed by atoms with Crippen LogP contribution in [0, 0.1) is 6.92 Å². The average molecular weight is 335 g/mol. The molecule has 1 aliphatic carbocycles. The lowest BCUT2D eigenvalue weighted by atomic mass is 10.2. The van der Waals surface area contributed by atoms with Crippen molar-refractivity contribution in [3.63, 3.8) is 0 Å². The third-order valence-corrected chi connectivity index (χ3v) is 3.93. The molecule has 0 heterocycles. The first kappa shape index (κ1) is 17.3. The summed E-state index contributed by atoms with van der Waals surface area (Å²) < 4.78 is 0. The Kier molecular flexibility index (Phi) is 6.47. The van der Waals surface area contributed by atoms with Crippen molar-refractivity contribution in [1.29, 1.82) is 0 Å². The third-order valence-electron chi connectivity index (χ3n) is 3.62. The van der Waals surface area contributed by atoms with Crippen molar-refractivity contribution in [3.8, 4) is 0 Å². The molecule has 0 bridgehead atoms. The highest BCUT2D eigenvalue weighted by molar-refractivity contribution is 6.33. The van der Waals surface area contributed by atoms with E-state index in [9.17, 15) is 4.79 Å². The van der Waals surface area contributed by atoms with Gasteiger partial charge in [-0.3, -0.25) is 9.79 Å². The van der Waals surface area contributed by atoms with Crippen molar-refractivity contribution in [2.24, 2.45) is 4.99 Å². The van der Waals surface area contributed by atoms with Gasteiger partial charge in [0, 0.05) is 26.1 Å². The Balaban J connectivity index is 1.73. The number of carbonyl (C=O) groups excluding carboxylic acids is 1. The molecule has 3 N–H and O–H groups in total. The maximum atomic E-state index is 12.0. The van der Waals surface area contributed by atoms with Gasteiger partial charge in [-0.2, -0.15) is 0 Å². The molecular formula is C17H23ClN4O. The fourth-order valence-electron chi connectivity index (χ4n) is 2.35. The van der Waals surface area contributed by atoms with E-state index in [2.05, 4.69) is 33.1 Å². The van der Waals surface area contributed by atoms with Crippen molar-refractivity contribution < 1.29 is 4.79 Å². The molecule has 0 saturated heterocycles. The molecule has 124 valence electrons. The van der Waals surface area contributed by atoms with Gasteiger partial charge >= 0.3 is 0 Å². The van der Waals surface area contributed by atoms with E-state index in [0.29, 0.717) is 29.7 Å². The van der Waals surface area contributed by atoms with Gasteiger partial charge < -0.3 is 16.0 Å². The molecule has 1 aromatic rings. The second kappa shape index (κ2) is 8.58. The Bertz CT molecular complexity index is 605. The third kappa shape index (κ3) is 5.60. The Labute approximate surface area is 142 Å². The van der Waals surface area contributed by atoms with E-state index in [4.69, 9.17) is 11.6 Å². The molecule has 5 nitrogen and oxygen atoms in total. The monoisotopic (exact) mass is 334 g/mol. The van der Waals surface area contributed by atoms with Crippen LogP contribution in [-0.4, -0.2) is 31.5 Å². The Hall–Kier alpha value is -2.01. The molecule has 2 rings (SSSR count). The minimum atomic E-state index is -0.0822. The van der Waals surface area contributed by atoms with Gasteiger partial charge in [-0.25, -0.2) is 0 Å². The van der Waals surface area contributed by atoms with E-state index in [0.717, 1.165) is 24.4 Å². The molecule has 0 spiro atoms. The Morgan fingerprint density at radius 2 is 2.09 bits per heavy atom. The first-order valence-corrected chi connectivity index (χ1v) is 8.14. The summed E-state index contributed by atoms with van der Waals surface area (Å²) >= 11 is 6.11. The first-order chi connectivity index (χ1) is 11.1. The Morgan fingerprint density at radius 1 is 1.35 bits per heavy atom. The number of benzene rings is 1. The van der Waals surface area contributed by atoms with Crippen LogP contribution in [0.5, 0.6) is 0 Å². The average Bonchev–Trinajstić information content (AvgIpc) is 3.02. The van der Waals surface area contributed by atoms with E-state index in [-0.39, 0.29) is 5.91 Å². The fraction of sp³-hybridized carbons (Fsp3) is 0.412. The van der Waals surface area contributed by atoms with E-state index in [1.807, 2.05) is 25.1 Å².